The summed E-state index contributed by atoms with van der Waals surface area (Å²) < 4.78 is 0.398. The number of nitrogens with one attached hydrogen (secondary N) is 1. The van der Waals surface area contributed by atoms with Gasteiger partial charge in [-0.05, 0) is 49.6 Å². The fraction of sp³-hybridized carbons (Fsp3) is 0.667. The lowest BCUT2D eigenvalue weighted by molar-refractivity contribution is 0.495. The summed E-state index contributed by atoms with van der Waals surface area (Å²) in [7, 11) is 0. The lowest BCUT2D eigenvalue weighted by Gasteiger charge is -2.30. The van der Waals surface area contributed by atoms with Gasteiger partial charge in [-0.15, -0.1) is 0 Å². The van der Waals surface area contributed by atoms with Gasteiger partial charge >= 0.3 is 0 Å². The molecule has 2 nitrogen and oxygen atoms in total. The predicted octanol–water partition coefficient (Wildman–Crippen LogP) is 4.30. The van der Waals surface area contributed by atoms with E-state index in [1.807, 2.05) is 11.8 Å². The van der Waals surface area contributed by atoms with Crippen LogP contribution in [0.3, 0.4) is 0 Å². The third-order valence-electron chi connectivity index (χ3n) is 4.91. The second kappa shape index (κ2) is 8.09. The third-order valence-corrected chi connectivity index (χ3v) is 6.49. The minimum atomic E-state index is 0.398. The first-order valence-electron chi connectivity index (χ1n) is 8.33. The van der Waals surface area contributed by atoms with Crippen LogP contribution in [0.1, 0.15) is 45.1 Å². The monoisotopic (exact) mass is 306 g/mol. The normalized spacial score (nSPS) is 15.7. The van der Waals surface area contributed by atoms with Gasteiger partial charge in [0.15, 0.2) is 0 Å². The molecule has 1 aromatic rings. The Hall–Kier alpha value is -0.670. The first kappa shape index (κ1) is 16.7. The summed E-state index contributed by atoms with van der Waals surface area (Å²) >= 11 is 2.00. The highest BCUT2D eigenvalue weighted by atomic mass is 32.2. The summed E-state index contributed by atoms with van der Waals surface area (Å²) in [5.74, 6) is 0. The van der Waals surface area contributed by atoms with E-state index in [1.165, 1.54) is 50.0 Å². The molecule has 1 N–H and O–H groups in total. The van der Waals surface area contributed by atoms with Gasteiger partial charge in [-0.25, -0.2) is 0 Å². The molecule has 0 spiro atoms. The highest BCUT2D eigenvalue weighted by Crippen LogP contribution is 2.29. The molecular weight excluding hydrogens is 276 g/mol. The van der Waals surface area contributed by atoms with Crippen molar-refractivity contribution in [3.05, 3.63) is 29.8 Å². The van der Waals surface area contributed by atoms with E-state index < -0.39 is 0 Å². The predicted molar refractivity (Wildman–Crippen MR) is 96.4 cm³/mol. The first-order chi connectivity index (χ1) is 10.2. The first-order valence-corrected chi connectivity index (χ1v) is 9.55. The highest BCUT2D eigenvalue weighted by molar-refractivity contribution is 8.00. The minimum absolute atomic E-state index is 0.398. The number of thioether (sulfide) groups is 1. The van der Waals surface area contributed by atoms with Crippen LogP contribution in [0.5, 0.6) is 0 Å². The molecule has 21 heavy (non-hydrogen) atoms. The Bertz CT molecular complexity index is 397. The number of nitrogens with zero attached hydrogens (tertiary/aromatic N) is 1. The van der Waals surface area contributed by atoms with Gasteiger partial charge in [0.05, 0.1) is 0 Å². The van der Waals surface area contributed by atoms with Crippen molar-refractivity contribution in [3.63, 3.8) is 0 Å². The van der Waals surface area contributed by atoms with Crippen molar-refractivity contribution in [2.24, 2.45) is 0 Å². The average Bonchev–Trinajstić information content (AvgIpc) is 3.07. The maximum atomic E-state index is 3.65. The highest BCUT2D eigenvalue weighted by Gasteiger charge is 2.23. The van der Waals surface area contributed by atoms with Crippen LogP contribution in [0, 0.1) is 0 Å². The smallest absolute Gasteiger partial charge is 0.0366 e. The Labute approximate surface area is 134 Å². The number of hydrogen-bond acceptors (Lipinski definition) is 3. The summed E-state index contributed by atoms with van der Waals surface area (Å²) in [4.78, 5) is 2.49. The Morgan fingerprint density at radius 2 is 1.71 bits per heavy atom. The van der Waals surface area contributed by atoms with Crippen molar-refractivity contribution >= 4 is 17.4 Å². The Kier molecular flexibility index (Phi) is 6.43. The van der Waals surface area contributed by atoms with Gasteiger partial charge in [0, 0.05) is 36.6 Å². The molecule has 0 bridgehead atoms. The van der Waals surface area contributed by atoms with E-state index >= 15 is 0 Å². The van der Waals surface area contributed by atoms with Crippen LogP contribution < -0.4 is 10.2 Å². The maximum Gasteiger partial charge on any atom is 0.0366 e. The SMILES string of the molecule is CCC(CC)(CNCc1ccc(N2CCCC2)cc1)SC. The lowest BCUT2D eigenvalue weighted by atomic mass is 10.0. The largest absolute Gasteiger partial charge is 0.372 e. The van der Waals surface area contributed by atoms with E-state index in [4.69, 9.17) is 0 Å². The van der Waals surface area contributed by atoms with Crippen molar-refractivity contribution in [3.8, 4) is 0 Å². The van der Waals surface area contributed by atoms with Crippen LogP contribution in [0.25, 0.3) is 0 Å². The molecule has 0 amide bonds. The Morgan fingerprint density at radius 3 is 2.24 bits per heavy atom. The van der Waals surface area contributed by atoms with E-state index in [0.29, 0.717) is 4.75 Å². The van der Waals surface area contributed by atoms with Gasteiger partial charge < -0.3 is 10.2 Å². The van der Waals surface area contributed by atoms with Crippen LogP contribution in [0.4, 0.5) is 5.69 Å². The fourth-order valence-electron chi connectivity index (χ4n) is 3.10. The van der Waals surface area contributed by atoms with E-state index in [0.717, 1.165) is 13.1 Å². The van der Waals surface area contributed by atoms with E-state index in [9.17, 15) is 0 Å². The molecule has 1 aromatic carbocycles. The third kappa shape index (κ3) is 4.40. The van der Waals surface area contributed by atoms with Crippen molar-refractivity contribution in [2.45, 2.75) is 50.8 Å². The van der Waals surface area contributed by atoms with Crippen LogP contribution in [-0.4, -0.2) is 30.6 Å². The summed E-state index contributed by atoms with van der Waals surface area (Å²) in [6, 6.07) is 9.12. The molecule has 118 valence electrons. The molecule has 1 fully saturated rings. The molecule has 0 saturated carbocycles. The van der Waals surface area contributed by atoms with Crippen molar-refractivity contribution in [1.82, 2.24) is 5.32 Å². The zero-order valence-electron chi connectivity index (χ0n) is 13.8. The van der Waals surface area contributed by atoms with Crippen molar-refractivity contribution in [1.29, 1.82) is 0 Å². The van der Waals surface area contributed by atoms with Crippen molar-refractivity contribution < 1.29 is 0 Å². The number of rotatable bonds is 8. The summed E-state index contributed by atoms with van der Waals surface area (Å²) in [6.45, 7) is 9.11. The molecule has 1 heterocycles. The second-order valence-electron chi connectivity index (χ2n) is 6.06. The summed E-state index contributed by atoms with van der Waals surface area (Å²) in [5, 5.41) is 3.65. The van der Waals surface area contributed by atoms with Gasteiger partial charge in [-0.3, -0.25) is 0 Å². The summed E-state index contributed by atoms with van der Waals surface area (Å²) in [6.07, 6.45) is 7.37. The number of hydrogen-bond donors (Lipinski definition) is 1. The zero-order chi connectivity index (χ0) is 15.1. The fourth-order valence-corrected chi connectivity index (χ4v) is 3.92. The quantitative estimate of drug-likeness (QED) is 0.771. The van der Waals surface area contributed by atoms with Crippen LogP contribution >= 0.6 is 11.8 Å². The van der Waals surface area contributed by atoms with Crippen LogP contribution in [0.15, 0.2) is 24.3 Å². The van der Waals surface area contributed by atoms with E-state index in [-0.39, 0.29) is 0 Å². The van der Waals surface area contributed by atoms with Gasteiger partial charge in [0.2, 0.25) is 0 Å². The zero-order valence-corrected chi connectivity index (χ0v) is 14.6. The average molecular weight is 307 g/mol. The molecule has 1 saturated heterocycles. The molecule has 3 heteroatoms. The molecule has 1 aliphatic rings. The Morgan fingerprint density at radius 1 is 1.10 bits per heavy atom. The van der Waals surface area contributed by atoms with Crippen LogP contribution in [-0.2, 0) is 6.54 Å². The second-order valence-corrected chi connectivity index (χ2v) is 7.33. The van der Waals surface area contributed by atoms with Gasteiger partial charge in [-0.1, -0.05) is 26.0 Å². The topological polar surface area (TPSA) is 15.3 Å². The molecule has 0 aromatic heterocycles. The summed E-state index contributed by atoms with van der Waals surface area (Å²) in [5.41, 5.74) is 2.77. The Balaban J connectivity index is 1.83. The molecule has 1 aliphatic heterocycles. The molecule has 0 radical (unpaired) electrons. The molecule has 0 atom stereocenters. The van der Waals surface area contributed by atoms with Crippen molar-refractivity contribution in [2.75, 3.05) is 30.8 Å². The molecule has 2 rings (SSSR count). The number of anilines is 1. The van der Waals surface area contributed by atoms with Gasteiger partial charge in [0.1, 0.15) is 0 Å². The minimum Gasteiger partial charge on any atom is -0.372 e. The lowest BCUT2D eigenvalue weighted by Crippen LogP contribution is -2.36. The van der Waals surface area contributed by atoms with E-state index in [2.05, 4.69) is 54.6 Å². The van der Waals surface area contributed by atoms with Gasteiger partial charge in [-0.2, -0.15) is 11.8 Å². The molecule has 0 unspecified atom stereocenters. The molecule has 0 aliphatic carbocycles. The van der Waals surface area contributed by atoms with Crippen LogP contribution in [0.2, 0.25) is 0 Å². The maximum absolute atomic E-state index is 3.65. The van der Waals surface area contributed by atoms with Gasteiger partial charge in [0.25, 0.3) is 0 Å². The standard InChI is InChI=1S/C18H30N2S/c1-4-18(5-2,21-3)15-19-14-16-8-10-17(11-9-16)20-12-6-7-13-20/h8-11,19H,4-7,12-15H2,1-3H3. The molecular formula is C18H30N2S. The number of benzene rings is 1. The van der Waals surface area contributed by atoms with E-state index in [1.54, 1.807) is 0 Å².